The second kappa shape index (κ2) is 10.5. The number of hydrogen-bond donors (Lipinski definition) is 1. The molecule has 3 aromatic carbocycles. The van der Waals surface area contributed by atoms with Gasteiger partial charge in [0.05, 0.1) is 19.8 Å². The van der Waals surface area contributed by atoms with Gasteiger partial charge < -0.3 is 24.3 Å². The second-order valence-electron chi connectivity index (χ2n) is 6.84. The summed E-state index contributed by atoms with van der Waals surface area (Å²) in [6.45, 7) is 2.78. The Morgan fingerprint density at radius 3 is 2.47 bits per heavy atom. The minimum atomic E-state index is -0.209. The summed E-state index contributed by atoms with van der Waals surface area (Å²) in [6, 6.07) is 19.2. The molecule has 1 atom stereocenters. The summed E-state index contributed by atoms with van der Waals surface area (Å²) in [6.07, 6.45) is 0. The molecule has 1 unspecified atom stereocenters. The van der Waals surface area contributed by atoms with Gasteiger partial charge >= 0.3 is 0 Å². The molecule has 0 aliphatic rings. The zero-order chi connectivity index (χ0) is 21.3. The highest BCUT2D eigenvalue weighted by Gasteiger charge is 2.14. The van der Waals surface area contributed by atoms with Crippen LogP contribution in [0.4, 0.5) is 0 Å². The van der Waals surface area contributed by atoms with E-state index in [1.165, 1.54) is 0 Å². The molecule has 0 heterocycles. The molecule has 158 valence electrons. The molecule has 0 saturated heterocycles. The van der Waals surface area contributed by atoms with Crippen LogP contribution in [-0.2, 0) is 9.53 Å². The van der Waals surface area contributed by atoms with E-state index in [0.29, 0.717) is 30.5 Å². The predicted molar refractivity (Wildman–Crippen MR) is 116 cm³/mol. The smallest absolute Gasteiger partial charge is 0.258 e. The minimum absolute atomic E-state index is 0.0575. The van der Waals surface area contributed by atoms with Crippen LogP contribution in [-0.4, -0.2) is 39.9 Å². The summed E-state index contributed by atoms with van der Waals surface area (Å²) < 4.78 is 21.7. The molecule has 0 fully saturated rings. The fourth-order valence-electron chi connectivity index (χ4n) is 3.08. The van der Waals surface area contributed by atoms with Gasteiger partial charge in [-0.2, -0.15) is 0 Å². The zero-order valence-electron chi connectivity index (χ0n) is 17.5. The number of fused-ring (bicyclic) bond motifs is 1. The minimum Gasteiger partial charge on any atom is -0.493 e. The van der Waals surface area contributed by atoms with E-state index in [1.807, 2.05) is 67.6 Å². The van der Waals surface area contributed by atoms with E-state index in [1.54, 1.807) is 14.2 Å². The lowest BCUT2D eigenvalue weighted by Gasteiger charge is -2.17. The van der Waals surface area contributed by atoms with Crippen LogP contribution in [0.3, 0.4) is 0 Å². The second-order valence-corrected chi connectivity index (χ2v) is 6.84. The summed E-state index contributed by atoms with van der Waals surface area (Å²) in [5.74, 6) is 1.71. The third kappa shape index (κ3) is 5.64. The molecule has 1 N–H and O–H groups in total. The fraction of sp³-hybridized carbons (Fsp3) is 0.292. The number of methoxy groups -OCH3 is 2. The van der Waals surface area contributed by atoms with Gasteiger partial charge in [-0.15, -0.1) is 0 Å². The maximum Gasteiger partial charge on any atom is 0.258 e. The van der Waals surface area contributed by atoms with E-state index in [9.17, 15) is 4.79 Å². The third-order valence-electron chi connectivity index (χ3n) is 4.70. The molecule has 0 aliphatic heterocycles. The molecule has 6 heteroatoms. The van der Waals surface area contributed by atoms with Crippen LogP contribution in [0.1, 0.15) is 18.5 Å². The Kier molecular flexibility index (Phi) is 7.51. The first-order valence-corrected chi connectivity index (χ1v) is 9.81. The first-order chi connectivity index (χ1) is 14.6. The Morgan fingerprint density at radius 2 is 1.70 bits per heavy atom. The largest absolute Gasteiger partial charge is 0.493 e. The van der Waals surface area contributed by atoms with Crippen molar-refractivity contribution in [3.05, 3.63) is 66.2 Å². The first-order valence-electron chi connectivity index (χ1n) is 9.81. The first kappa shape index (κ1) is 21.5. The normalized spacial score (nSPS) is 11.7. The summed E-state index contributed by atoms with van der Waals surface area (Å²) in [4.78, 5) is 12.4. The summed E-state index contributed by atoms with van der Waals surface area (Å²) in [7, 11) is 3.21. The van der Waals surface area contributed by atoms with E-state index >= 15 is 0 Å². The highest BCUT2D eigenvalue weighted by Crippen LogP contribution is 2.30. The van der Waals surface area contributed by atoms with Crippen LogP contribution in [0.5, 0.6) is 17.2 Å². The van der Waals surface area contributed by atoms with E-state index in [-0.39, 0.29) is 18.6 Å². The molecule has 0 saturated carbocycles. The highest BCUT2D eigenvalue weighted by atomic mass is 16.5. The number of nitrogens with one attached hydrogen (secondary N) is 1. The molecule has 0 radical (unpaired) electrons. The average Bonchev–Trinajstić information content (AvgIpc) is 2.77. The van der Waals surface area contributed by atoms with Crippen molar-refractivity contribution >= 4 is 16.7 Å². The maximum absolute atomic E-state index is 12.4. The molecule has 1 amide bonds. The molecule has 0 spiro atoms. The lowest BCUT2D eigenvalue weighted by Crippen LogP contribution is -2.31. The van der Waals surface area contributed by atoms with Crippen molar-refractivity contribution in [1.82, 2.24) is 5.32 Å². The van der Waals surface area contributed by atoms with Crippen molar-refractivity contribution in [2.75, 3.05) is 34.0 Å². The number of ether oxygens (including phenoxy) is 4. The number of hydrogen-bond acceptors (Lipinski definition) is 5. The van der Waals surface area contributed by atoms with Crippen molar-refractivity contribution in [3.8, 4) is 17.2 Å². The molecule has 0 aromatic heterocycles. The number of amides is 1. The van der Waals surface area contributed by atoms with Gasteiger partial charge in [-0.1, -0.05) is 36.4 Å². The van der Waals surface area contributed by atoms with Crippen molar-refractivity contribution in [2.45, 2.75) is 13.0 Å². The molecule has 0 bridgehead atoms. The van der Waals surface area contributed by atoms with Gasteiger partial charge in [0.25, 0.3) is 5.91 Å². The van der Waals surface area contributed by atoms with Crippen LogP contribution >= 0.6 is 0 Å². The number of carbonyl (C=O) groups is 1. The van der Waals surface area contributed by atoms with E-state index < -0.39 is 0 Å². The van der Waals surface area contributed by atoms with Gasteiger partial charge in [-0.25, -0.2) is 0 Å². The molecule has 30 heavy (non-hydrogen) atoms. The van der Waals surface area contributed by atoms with Crippen molar-refractivity contribution in [1.29, 1.82) is 0 Å². The number of rotatable bonds is 10. The van der Waals surface area contributed by atoms with Crippen LogP contribution in [0.2, 0.25) is 0 Å². The van der Waals surface area contributed by atoms with Gasteiger partial charge in [0.1, 0.15) is 12.4 Å². The van der Waals surface area contributed by atoms with Gasteiger partial charge in [0.2, 0.25) is 0 Å². The van der Waals surface area contributed by atoms with Crippen LogP contribution < -0.4 is 19.5 Å². The summed E-state index contributed by atoms with van der Waals surface area (Å²) >= 11 is 0. The maximum atomic E-state index is 12.4. The van der Waals surface area contributed by atoms with E-state index in [0.717, 1.165) is 16.3 Å². The van der Waals surface area contributed by atoms with Crippen LogP contribution in [0, 0.1) is 0 Å². The molecule has 0 aliphatic carbocycles. The Balaban J connectivity index is 1.56. The van der Waals surface area contributed by atoms with Gasteiger partial charge in [0, 0.05) is 7.11 Å². The Morgan fingerprint density at radius 1 is 0.900 bits per heavy atom. The highest BCUT2D eigenvalue weighted by molar-refractivity contribution is 5.84. The fourth-order valence-corrected chi connectivity index (χ4v) is 3.08. The van der Waals surface area contributed by atoms with E-state index in [4.69, 9.17) is 18.9 Å². The van der Waals surface area contributed by atoms with Crippen molar-refractivity contribution < 1.29 is 23.7 Å². The molecular formula is C24H27NO5. The van der Waals surface area contributed by atoms with Crippen LogP contribution in [0.25, 0.3) is 10.8 Å². The van der Waals surface area contributed by atoms with Gasteiger partial charge in [-0.05, 0) is 47.5 Å². The number of benzene rings is 3. The lowest BCUT2D eigenvalue weighted by molar-refractivity contribution is -0.123. The number of carbonyl (C=O) groups excluding carboxylic acids is 1. The van der Waals surface area contributed by atoms with Gasteiger partial charge in [-0.3, -0.25) is 4.79 Å². The summed E-state index contributed by atoms with van der Waals surface area (Å²) in [5, 5.41) is 5.15. The molecule has 3 rings (SSSR count). The van der Waals surface area contributed by atoms with E-state index in [2.05, 4.69) is 5.32 Å². The Bertz CT molecular complexity index is 988. The predicted octanol–water partition coefficient (Wildman–Crippen LogP) is 4.13. The zero-order valence-corrected chi connectivity index (χ0v) is 17.5. The monoisotopic (exact) mass is 409 g/mol. The third-order valence-corrected chi connectivity index (χ3v) is 4.70. The Labute approximate surface area is 176 Å². The van der Waals surface area contributed by atoms with Crippen molar-refractivity contribution in [2.24, 2.45) is 0 Å². The van der Waals surface area contributed by atoms with Gasteiger partial charge in [0.15, 0.2) is 18.1 Å². The average molecular weight is 409 g/mol. The van der Waals surface area contributed by atoms with Crippen LogP contribution in [0.15, 0.2) is 60.7 Å². The summed E-state index contributed by atoms with van der Waals surface area (Å²) in [5.41, 5.74) is 0.907. The van der Waals surface area contributed by atoms with Crippen molar-refractivity contribution in [3.63, 3.8) is 0 Å². The molecular weight excluding hydrogens is 382 g/mol. The Hall–Kier alpha value is -3.25. The SMILES string of the molecule is COCCOc1ccc(C(C)NC(=O)COc2ccc3ccccc3c2)cc1OC. The molecule has 3 aromatic rings. The molecule has 6 nitrogen and oxygen atoms in total. The topological polar surface area (TPSA) is 66.0 Å². The quantitative estimate of drug-likeness (QED) is 0.510. The standard InChI is InChI=1S/C24H27NO5/c1-17(19-9-11-22(23(15-19)28-3)29-13-12-27-2)25-24(26)16-30-21-10-8-18-6-4-5-7-20(18)14-21/h4-11,14-15,17H,12-13,16H2,1-3H3,(H,25,26). The lowest BCUT2D eigenvalue weighted by atomic mass is 10.1.